The van der Waals surface area contributed by atoms with Crippen molar-refractivity contribution in [3.63, 3.8) is 0 Å². The minimum Gasteiger partial charge on any atom is -0.365 e. The van der Waals surface area contributed by atoms with Crippen molar-refractivity contribution in [1.82, 2.24) is 9.55 Å². The van der Waals surface area contributed by atoms with E-state index in [-0.39, 0.29) is 5.56 Å². The molecule has 2 aliphatic carbocycles. The fourth-order valence-corrected chi connectivity index (χ4v) is 3.23. The van der Waals surface area contributed by atoms with Crippen molar-refractivity contribution < 1.29 is 0 Å². The summed E-state index contributed by atoms with van der Waals surface area (Å²) in [6.07, 6.45) is 5.76. The number of hydrogen-bond acceptors (Lipinski definition) is 3. The number of rotatable bonds is 4. The maximum Gasteiger partial charge on any atom is 0.293 e. The van der Waals surface area contributed by atoms with Crippen LogP contribution in [0, 0.1) is 16.7 Å². The van der Waals surface area contributed by atoms with Gasteiger partial charge in [-0.3, -0.25) is 4.79 Å². The van der Waals surface area contributed by atoms with Gasteiger partial charge in [-0.05, 0) is 29.6 Å². The second-order valence-electron chi connectivity index (χ2n) is 7.10. The molecule has 104 valence electrons. The minimum atomic E-state index is 0.0289. The molecule has 1 N–H and O–H groups in total. The van der Waals surface area contributed by atoms with Gasteiger partial charge < -0.3 is 9.88 Å². The number of nitrogens with one attached hydrogen (secondary N) is 1. The number of aromatic nitrogens is 2. The average molecular weight is 261 g/mol. The zero-order chi connectivity index (χ0) is 13.8. The molecular weight excluding hydrogens is 238 g/mol. The van der Waals surface area contributed by atoms with Crippen molar-refractivity contribution in [3.8, 4) is 0 Å². The third-order valence-corrected chi connectivity index (χ3v) is 5.60. The van der Waals surface area contributed by atoms with Crippen LogP contribution in [0.3, 0.4) is 0 Å². The zero-order valence-corrected chi connectivity index (χ0v) is 12.2. The lowest BCUT2D eigenvalue weighted by Crippen LogP contribution is -2.25. The molecule has 0 bridgehead atoms. The lowest BCUT2D eigenvalue weighted by atomic mass is 10.0. The van der Waals surface area contributed by atoms with Crippen LogP contribution in [-0.4, -0.2) is 16.1 Å². The molecule has 0 aromatic carbocycles. The Morgan fingerprint density at radius 2 is 1.95 bits per heavy atom. The normalized spacial score (nSPS) is 24.2. The highest BCUT2D eigenvalue weighted by Gasteiger charge is 2.64. The van der Waals surface area contributed by atoms with Crippen molar-refractivity contribution >= 4 is 5.82 Å². The first kappa shape index (κ1) is 12.7. The summed E-state index contributed by atoms with van der Waals surface area (Å²) in [6.45, 7) is 10.00. The first-order chi connectivity index (χ1) is 8.85. The largest absolute Gasteiger partial charge is 0.365 e. The van der Waals surface area contributed by atoms with Gasteiger partial charge in [-0.15, -0.1) is 0 Å². The van der Waals surface area contributed by atoms with Crippen LogP contribution in [0.2, 0.25) is 0 Å². The van der Waals surface area contributed by atoms with Gasteiger partial charge in [0.05, 0.1) is 0 Å². The van der Waals surface area contributed by atoms with E-state index in [2.05, 4.69) is 38.0 Å². The third kappa shape index (κ3) is 1.88. The maximum absolute atomic E-state index is 12.2. The molecule has 4 nitrogen and oxygen atoms in total. The Kier molecular flexibility index (Phi) is 2.57. The fourth-order valence-electron chi connectivity index (χ4n) is 3.23. The Morgan fingerprint density at radius 1 is 1.32 bits per heavy atom. The van der Waals surface area contributed by atoms with E-state index in [1.165, 1.54) is 0 Å². The predicted molar refractivity (Wildman–Crippen MR) is 76.3 cm³/mol. The van der Waals surface area contributed by atoms with Gasteiger partial charge >= 0.3 is 0 Å². The van der Waals surface area contributed by atoms with Crippen LogP contribution in [0.1, 0.15) is 46.6 Å². The number of nitrogens with zero attached hydrogens (tertiary/aromatic N) is 2. The summed E-state index contributed by atoms with van der Waals surface area (Å²) < 4.78 is 1.82. The van der Waals surface area contributed by atoms with Gasteiger partial charge in [0.1, 0.15) is 0 Å². The molecule has 0 atom stereocenters. The van der Waals surface area contributed by atoms with Gasteiger partial charge in [0, 0.05) is 25.0 Å². The second kappa shape index (κ2) is 3.84. The molecule has 0 amide bonds. The van der Waals surface area contributed by atoms with E-state index in [4.69, 9.17) is 0 Å². The van der Waals surface area contributed by atoms with E-state index in [1.807, 2.05) is 4.57 Å². The highest BCUT2D eigenvalue weighted by atomic mass is 16.1. The summed E-state index contributed by atoms with van der Waals surface area (Å²) in [4.78, 5) is 16.4. The van der Waals surface area contributed by atoms with Gasteiger partial charge in [0.25, 0.3) is 5.56 Å². The summed E-state index contributed by atoms with van der Waals surface area (Å²) in [5, 5.41) is 3.26. The minimum absolute atomic E-state index is 0.0289. The Bertz CT molecular complexity index is 541. The highest BCUT2D eigenvalue weighted by Crippen LogP contribution is 2.68. The summed E-state index contributed by atoms with van der Waals surface area (Å²) in [6, 6.07) is 0.407. The topological polar surface area (TPSA) is 46.9 Å². The van der Waals surface area contributed by atoms with E-state index in [0.717, 1.165) is 19.4 Å². The quantitative estimate of drug-likeness (QED) is 0.906. The lowest BCUT2D eigenvalue weighted by Gasteiger charge is -2.09. The SMILES string of the molecule is CC1(C)C(CNc2nccn(C3CC3)c2=O)C1(C)C. The van der Waals surface area contributed by atoms with Crippen LogP contribution in [0.4, 0.5) is 5.82 Å². The Labute approximate surface area is 114 Å². The number of hydrogen-bond donors (Lipinski definition) is 1. The van der Waals surface area contributed by atoms with Gasteiger partial charge in [-0.1, -0.05) is 27.7 Å². The molecule has 4 heteroatoms. The predicted octanol–water partition coefficient (Wildman–Crippen LogP) is 2.67. The second-order valence-corrected chi connectivity index (χ2v) is 7.10. The first-order valence-electron chi connectivity index (χ1n) is 7.16. The molecule has 3 rings (SSSR count). The lowest BCUT2D eigenvalue weighted by molar-refractivity contribution is 0.457. The molecule has 0 unspecified atom stereocenters. The summed E-state index contributed by atoms with van der Waals surface area (Å²) in [7, 11) is 0. The maximum atomic E-state index is 12.2. The summed E-state index contributed by atoms with van der Waals surface area (Å²) >= 11 is 0. The van der Waals surface area contributed by atoms with Gasteiger partial charge in [-0.2, -0.15) is 0 Å². The molecule has 0 aliphatic heterocycles. The molecule has 1 heterocycles. The molecular formula is C15H23N3O. The van der Waals surface area contributed by atoms with Crippen LogP contribution in [-0.2, 0) is 0 Å². The Morgan fingerprint density at radius 3 is 2.47 bits per heavy atom. The molecule has 0 saturated heterocycles. The van der Waals surface area contributed by atoms with E-state index < -0.39 is 0 Å². The Balaban J connectivity index is 1.72. The smallest absolute Gasteiger partial charge is 0.293 e. The van der Waals surface area contributed by atoms with E-state index in [1.54, 1.807) is 12.4 Å². The molecule has 2 aliphatic rings. The van der Waals surface area contributed by atoms with E-state index in [0.29, 0.717) is 28.6 Å². The van der Waals surface area contributed by atoms with Crippen LogP contribution in [0.15, 0.2) is 17.2 Å². The van der Waals surface area contributed by atoms with Crippen molar-refractivity contribution in [2.24, 2.45) is 16.7 Å². The number of anilines is 1. The van der Waals surface area contributed by atoms with E-state index in [9.17, 15) is 4.79 Å². The van der Waals surface area contributed by atoms with Crippen LogP contribution in [0.25, 0.3) is 0 Å². The molecule has 2 saturated carbocycles. The zero-order valence-electron chi connectivity index (χ0n) is 12.2. The van der Waals surface area contributed by atoms with Crippen molar-refractivity contribution in [2.75, 3.05) is 11.9 Å². The monoisotopic (exact) mass is 261 g/mol. The third-order valence-electron chi connectivity index (χ3n) is 5.60. The first-order valence-corrected chi connectivity index (χ1v) is 7.16. The van der Waals surface area contributed by atoms with Crippen molar-refractivity contribution in [2.45, 2.75) is 46.6 Å². The van der Waals surface area contributed by atoms with Crippen LogP contribution in [0.5, 0.6) is 0 Å². The molecule has 1 aromatic heterocycles. The summed E-state index contributed by atoms with van der Waals surface area (Å²) in [5.41, 5.74) is 0.704. The Hall–Kier alpha value is -1.32. The van der Waals surface area contributed by atoms with Gasteiger partial charge in [-0.25, -0.2) is 4.98 Å². The molecule has 0 radical (unpaired) electrons. The van der Waals surface area contributed by atoms with Crippen LogP contribution < -0.4 is 10.9 Å². The van der Waals surface area contributed by atoms with Crippen LogP contribution >= 0.6 is 0 Å². The molecule has 19 heavy (non-hydrogen) atoms. The average Bonchev–Trinajstić information content (AvgIpc) is 3.20. The summed E-state index contributed by atoms with van der Waals surface area (Å²) in [5.74, 6) is 1.10. The van der Waals surface area contributed by atoms with Gasteiger partial charge in [0.15, 0.2) is 5.82 Å². The van der Waals surface area contributed by atoms with Crippen molar-refractivity contribution in [3.05, 3.63) is 22.7 Å². The standard InChI is InChI=1S/C15H23N3O/c1-14(2)11(15(14,3)4)9-17-12-13(19)18(8-7-16-12)10-5-6-10/h7-8,10-11H,5-6,9H2,1-4H3,(H,16,17). The molecule has 2 fully saturated rings. The fraction of sp³-hybridized carbons (Fsp3) is 0.733. The van der Waals surface area contributed by atoms with E-state index >= 15 is 0 Å². The molecule has 1 aromatic rings. The van der Waals surface area contributed by atoms with Crippen molar-refractivity contribution in [1.29, 1.82) is 0 Å². The molecule has 0 spiro atoms. The highest BCUT2D eigenvalue weighted by molar-refractivity contribution is 5.33. The van der Waals surface area contributed by atoms with Gasteiger partial charge in [0.2, 0.25) is 0 Å².